The molecule has 3 N–H and O–H groups in total. The van der Waals surface area contributed by atoms with E-state index in [0.717, 1.165) is 5.56 Å². The predicted octanol–water partition coefficient (Wildman–Crippen LogP) is 1.15. The number of aldehydes is 1. The quantitative estimate of drug-likeness (QED) is 0.703. The molecule has 100 valence electrons. The van der Waals surface area contributed by atoms with E-state index in [1.807, 2.05) is 0 Å². The second-order valence-electron chi connectivity index (χ2n) is 4.14. The van der Waals surface area contributed by atoms with E-state index in [0.29, 0.717) is 17.6 Å². The lowest BCUT2D eigenvalue weighted by molar-refractivity contribution is -0.0152. The Kier molecular flexibility index (Phi) is 4.11. The lowest BCUT2D eigenvalue weighted by Crippen LogP contribution is -2.21. The van der Waals surface area contributed by atoms with Gasteiger partial charge in [0.05, 0.1) is 6.61 Å². The number of hydrogen-bond acceptors (Lipinski definition) is 5. The van der Waals surface area contributed by atoms with Gasteiger partial charge in [-0.05, 0) is 17.7 Å². The van der Waals surface area contributed by atoms with Crippen LogP contribution in [0.1, 0.15) is 22.2 Å². The maximum atomic E-state index is 10.5. The Bertz CT molecular complexity index is 543. The van der Waals surface area contributed by atoms with Crippen LogP contribution in [0.4, 0.5) is 0 Å². The number of furan rings is 1. The molecule has 5 nitrogen and oxygen atoms in total. The lowest BCUT2D eigenvalue weighted by atomic mass is 10.0. The summed E-state index contributed by atoms with van der Waals surface area (Å²) in [7, 11) is 0. The fraction of sp³-hybridized carbons (Fsp3) is 0.214. The Labute approximate surface area is 109 Å². The van der Waals surface area contributed by atoms with Gasteiger partial charge in [0.2, 0.25) is 0 Å². The topological polar surface area (TPSA) is 90.9 Å². The van der Waals surface area contributed by atoms with Gasteiger partial charge >= 0.3 is 0 Å². The van der Waals surface area contributed by atoms with Crippen LogP contribution in [-0.2, 0) is 0 Å². The van der Waals surface area contributed by atoms with E-state index in [1.165, 1.54) is 0 Å². The van der Waals surface area contributed by atoms with Crippen molar-refractivity contribution in [1.82, 2.24) is 0 Å². The molecule has 1 heterocycles. The van der Waals surface area contributed by atoms with Gasteiger partial charge < -0.3 is 19.7 Å². The predicted molar refractivity (Wildman–Crippen MR) is 67.6 cm³/mol. The van der Waals surface area contributed by atoms with E-state index in [9.17, 15) is 15.0 Å². The van der Waals surface area contributed by atoms with Crippen molar-refractivity contribution >= 4 is 6.29 Å². The molecular formula is C14H14O5. The number of rotatable bonds is 5. The first-order valence-corrected chi connectivity index (χ1v) is 5.78. The SMILES string of the molecule is O=Cc1ccc(-c2ccc(C(O)C(O)CO)cc2)o1. The van der Waals surface area contributed by atoms with Gasteiger partial charge in [-0.2, -0.15) is 0 Å². The molecule has 0 aliphatic heterocycles. The van der Waals surface area contributed by atoms with Crippen molar-refractivity contribution in [2.75, 3.05) is 6.61 Å². The Morgan fingerprint density at radius 2 is 1.79 bits per heavy atom. The summed E-state index contributed by atoms with van der Waals surface area (Å²) in [5.41, 5.74) is 1.25. The maximum Gasteiger partial charge on any atom is 0.185 e. The molecule has 2 aromatic rings. The zero-order valence-electron chi connectivity index (χ0n) is 10.1. The Morgan fingerprint density at radius 3 is 2.32 bits per heavy atom. The molecule has 2 unspecified atom stereocenters. The minimum absolute atomic E-state index is 0.245. The molecule has 1 aromatic carbocycles. The fourth-order valence-corrected chi connectivity index (χ4v) is 1.74. The Hall–Kier alpha value is -1.95. The van der Waals surface area contributed by atoms with Crippen LogP contribution in [-0.4, -0.2) is 34.3 Å². The molecule has 0 saturated heterocycles. The van der Waals surface area contributed by atoms with Crippen molar-refractivity contribution < 1.29 is 24.5 Å². The van der Waals surface area contributed by atoms with E-state index in [1.54, 1.807) is 36.4 Å². The van der Waals surface area contributed by atoms with E-state index in [-0.39, 0.29) is 5.76 Å². The molecular weight excluding hydrogens is 248 g/mol. The number of carbonyl (C=O) groups excluding carboxylic acids is 1. The first-order chi connectivity index (χ1) is 9.15. The van der Waals surface area contributed by atoms with Crippen LogP contribution in [0.2, 0.25) is 0 Å². The molecule has 0 spiro atoms. The van der Waals surface area contributed by atoms with E-state index < -0.39 is 18.8 Å². The average Bonchev–Trinajstić information content (AvgIpc) is 2.94. The number of carbonyl (C=O) groups is 1. The summed E-state index contributed by atoms with van der Waals surface area (Å²) in [5, 5.41) is 27.8. The number of benzene rings is 1. The lowest BCUT2D eigenvalue weighted by Gasteiger charge is -2.15. The molecule has 5 heteroatoms. The summed E-state index contributed by atoms with van der Waals surface area (Å²) in [6, 6.07) is 9.91. The zero-order valence-corrected chi connectivity index (χ0v) is 10.1. The van der Waals surface area contributed by atoms with Crippen molar-refractivity contribution in [2.24, 2.45) is 0 Å². The van der Waals surface area contributed by atoms with Crippen LogP contribution in [0.3, 0.4) is 0 Å². The van der Waals surface area contributed by atoms with Gasteiger partial charge in [-0.25, -0.2) is 0 Å². The number of aliphatic hydroxyl groups is 3. The summed E-state index contributed by atoms with van der Waals surface area (Å²) in [6.45, 7) is -0.510. The highest BCUT2D eigenvalue weighted by Gasteiger charge is 2.17. The van der Waals surface area contributed by atoms with E-state index in [4.69, 9.17) is 9.52 Å². The normalized spacial score (nSPS) is 14.1. The molecule has 0 aliphatic rings. The zero-order chi connectivity index (χ0) is 13.8. The van der Waals surface area contributed by atoms with Gasteiger partial charge in [0.15, 0.2) is 12.0 Å². The number of hydrogen-bond donors (Lipinski definition) is 3. The van der Waals surface area contributed by atoms with Crippen LogP contribution in [0.5, 0.6) is 0 Å². The van der Waals surface area contributed by atoms with Gasteiger partial charge in [-0.3, -0.25) is 4.79 Å². The summed E-state index contributed by atoms with van der Waals surface area (Å²) in [5.74, 6) is 0.792. The molecule has 0 saturated carbocycles. The van der Waals surface area contributed by atoms with Crippen LogP contribution in [0, 0.1) is 0 Å². The molecule has 19 heavy (non-hydrogen) atoms. The van der Waals surface area contributed by atoms with Gasteiger partial charge in [-0.15, -0.1) is 0 Å². The average molecular weight is 262 g/mol. The molecule has 0 bridgehead atoms. The third-order valence-electron chi connectivity index (χ3n) is 2.83. The largest absolute Gasteiger partial charge is 0.453 e. The minimum Gasteiger partial charge on any atom is -0.453 e. The van der Waals surface area contributed by atoms with Gasteiger partial charge in [0.25, 0.3) is 0 Å². The van der Waals surface area contributed by atoms with Crippen molar-refractivity contribution in [3.05, 3.63) is 47.7 Å². The first-order valence-electron chi connectivity index (χ1n) is 5.78. The van der Waals surface area contributed by atoms with E-state index >= 15 is 0 Å². The highest BCUT2D eigenvalue weighted by molar-refractivity contribution is 5.72. The molecule has 0 aliphatic carbocycles. The third kappa shape index (κ3) is 2.90. The molecule has 0 amide bonds. The standard InChI is InChI=1S/C14H14O5/c15-7-11-5-6-13(19-11)9-1-3-10(4-2-9)14(18)12(17)8-16/h1-7,12,14,16-18H,8H2. The molecule has 2 atom stereocenters. The molecule has 0 fully saturated rings. The van der Waals surface area contributed by atoms with Crippen LogP contribution in [0.15, 0.2) is 40.8 Å². The Balaban J connectivity index is 2.20. The minimum atomic E-state index is -1.21. The second kappa shape index (κ2) is 5.79. The summed E-state index contributed by atoms with van der Waals surface area (Å²) in [6.07, 6.45) is -1.73. The first kappa shape index (κ1) is 13.5. The van der Waals surface area contributed by atoms with E-state index in [2.05, 4.69) is 0 Å². The smallest absolute Gasteiger partial charge is 0.185 e. The summed E-state index contributed by atoms with van der Waals surface area (Å²) < 4.78 is 5.27. The van der Waals surface area contributed by atoms with Gasteiger partial charge in [-0.1, -0.05) is 24.3 Å². The van der Waals surface area contributed by atoms with Crippen LogP contribution >= 0.6 is 0 Å². The summed E-state index contributed by atoms with van der Waals surface area (Å²) >= 11 is 0. The maximum absolute atomic E-state index is 10.5. The van der Waals surface area contributed by atoms with Crippen molar-refractivity contribution in [2.45, 2.75) is 12.2 Å². The third-order valence-corrected chi connectivity index (χ3v) is 2.83. The Morgan fingerprint density at radius 1 is 1.11 bits per heavy atom. The highest BCUT2D eigenvalue weighted by atomic mass is 16.4. The molecule has 0 radical (unpaired) electrons. The fourth-order valence-electron chi connectivity index (χ4n) is 1.74. The number of aliphatic hydroxyl groups excluding tert-OH is 3. The molecule has 2 rings (SSSR count). The van der Waals surface area contributed by atoms with Crippen molar-refractivity contribution in [1.29, 1.82) is 0 Å². The van der Waals surface area contributed by atoms with Crippen LogP contribution < -0.4 is 0 Å². The van der Waals surface area contributed by atoms with Crippen molar-refractivity contribution in [3.63, 3.8) is 0 Å². The van der Waals surface area contributed by atoms with Gasteiger partial charge in [0.1, 0.15) is 18.0 Å². The van der Waals surface area contributed by atoms with Crippen molar-refractivity contribution in [3.8, 4) is 11.3 Å². The summed E-state index contributed by atoms with van der Waals surface area (Å²) in [4.78, 5) is 10.5. The second-order valence-corrected chi connectivity index (χ2v) is 4.14. The monoisotopic (exact) mass is 262 g/mol. The van der Waals surface area contributed by atoms with Gasteiger partial charge in [0, 0.05) is 5.56 Å². The van der Waals surface area contributed by atoms with Crippen LogP contribution in [0.25, 0.3) is 11.3 Å². The highest BCUT2D eigenvalue weighted by Crippen LogP contribution is 2.24. The molecule has 1 aromatic heterocycles.